The largest absolute Gasteiger partial charge is 0.293 e. The van der Waals surface area contributed by atoms with Gasteiger partial charge < -0.3 is 0 Å². The highest BCUT2D eigenvalue weighted by Crippen LogP contribution is 2.42. The summed E-state index contributed by atoms with van der Waals surface area (Å²) in [5.74, 6) is 0. The Bertz CT molecular complexity index is 932. The summed E-state index contributed by atoms with van der Waals surface area (Å²) in [6.45, 7) is 3.65. The Morgan fingerprint density at radius 2 is 1.67 bits per heavy atom. The third-order valence-corrected chi connectivity index (χ3v) is 4.58. The number of non-ortho nitro benzene ring substituents is 2. The number of nitro groups is 2. The van der Waals surface area contributed by atoms with Crippen molar-refractivity contribution >= 4 is 42.9 Å². The molecule has 3 aromatic rings. The van der Waals surface area contributed by atoms with Gasteiger partial charge in [0.15, 0.2) is 0 Å². The van der Waals surface area contributed by atoms with E-state index < -0.39 is 9.85 Å². The van der Waals surface area contributed by atoms with Gasteiger partial charge in [-0.25, -0.2) is 0 Å². The van der Waals surface area contributed by atoms with Crippen LogP contribution in [0.5, 0.6) is 0 Å². The van der Waals surface area contributed by atoms with E-state index in [1.165, 1.54) is 17.4 Å². The molecule has 21 heavy (non-hydrogen) atoms. The summed E-state index contributed by atoms with van der Waals surface area (Å²) in [4.78, 5) is 25.3. The second-order valence-electron chi connectivity index (χ2n) is 4.68. The minimum Gasteiger partial charge on any atom is -0.258 e. The molecule has 0 aliphatic heterocycles. The first-order valence-corrected chi connectivity index (χ1v) is 6.83. The molecular weight excluding hydrogens is 294 g/mol. The second kappa shape index (κ2) is 4.45. The number of hydrogen-bond acceptors (Lipinski definition) is 6. The van der Waals surface area contributed by atoms with Crippen LogP contribution in [0.25, 0.3) is 20.2 Å². The van der Waals surface area contributed by atoms with Crippen molar-refractivity contribution in [3.8, 4) is 0 Å². The van der Waals surface area contributed by atoms with Crippen LogP contribution in [0.3, 0.4) is 0 Å². The first kappa shape index (κ1) is 13.4. The molecule has 2 aromatic heterocycles. The summed E-state index contributed by atoms with van der Waals surface area (Å²) < 4.78 is 1.26. The van der Waals surface area contributed by atoms with Crippen molar-refractivity contribution in [3.63, 3.8) is 0 Å². The molecule has 3 rings (SSSR count). The van der Waals surface area contributed by atoms with Crippen LogP contribution < -0.4 is 0 Å². The molecule has 1 aromatic carbocycles. The predicted octanol–water partition coefficient (Wildman–Crippen LogP) is 3.88. The third kappa shape index (κ3) is 2.00. The van der Waals surface area contributed by atoms with Crippen LogP contribution in [0.15, 0.2) is 18.2 Å². The zero-order valence-electron chi connectivity index (χ0n) is 11.1. The van der Waals surface area contributed by atoms with Crippen molar-refractivity contribution in [2.45, 2.75) is 13.8 Å². The average Bonchev–Trinajstić information content (AvgIpc) is 2.76. The molecule has 0 fully saturated rings. The van der Waals surface area contributed by atoms with Gasteiger partial charge in [0.2, 0.25) is 0 Å². The molecule has 2 heterocycles. The Hall–Kier alpha value is -2.61. The van der Waals surface area contributed by atoms with Crippen LogP contribution in [0.2, 0.25) is 0 Å². The summed E-state index contributed by atoms with van der Waals surface area (Å²) in [5, 5.41) is 23.5. The summed E-state index contributed by atoms with van der Waals surface area (Å²) in [6.07, 6.45) is 0. The zero-order valence-corrected chi connectivity index (χ0v) is 11.9. The quantitative estimate of drug-likeness (QED) is 0.528. The molecule has 8 heteroatoms. The second-order valence-corrected chi connectivity index (χ2v) is 5.70. The maximum atomic E-state index is 11.2. The molecule has 0 spiro atoms. The lowest BCUT2D eigenvalue weighted by Crippen LogP contribution is -1.92. The van der Waals surface area contributed by atoms with Crippen molar-refractivity contribution in [2.24, 2.45) is 0 Å². The molecule has 0 radical (unpaired) electrons. The fourth-order valence-electron chi connectivity index (χ4n) is 2.39. The van der Waals surface area contributed by atoms with Crippen molar-refractivity contribution < 1.29 is 9.85 Å². The van der Waals surface area contributed by atoms with Crippen LogP contribution in [0, 0.1) is 34.1 Å². The summed E-state index contributed by atoms with van der Waals surface area (Å²) >= 11 is 1.25. The minimum atomic E-state index is -0.614. The predicted molar refractivity (Wildman–Crippen MR) is 79.9 cm³/mol. The van der Waals surface area contributed by atoms with E-state index in [1.807, 2.05) is 13.8 Å². The molecular formula is C13H9N3O4S. The SMILES string of the molecule is Cc1cc2c(sc3c([N+](=O)[O-])cc([N+](=O)[O-])cc32)c(C)n1. The standard InChI is InChI=1S/C13H9N3O4S/c1-6-3-9-10-4-8(15(17)18)5-11(16(19)20)13(10)21-12(9)7(2)14-6/h3-5H,1-2H3. The van der Waals surface area contributed by atoms with Gasteiger partial charge >= 0.3 is 0 Å². The lowest BCUT2D eigenvalue weighted by atomic mass is 10.1. The van der Waals surface area contributed by atoms with Crippen molar-refractivity contribution in [3.05, 3.63) is 49.8 Å². The van der Waals surface area contributed by atoms with E-state index in [2.05, 4.69) is 4.98 Å². The number of benzene rings is 1. The molecule has 0 saturated carbocycles. The topological polar surface area (TPSA) is 99.2 Å². The van der Waals surface area contributed by atoms with E-state index in [0.717, 1.165) is 27.5 Å². The number of rotatable bonds is 2. The fraction of sp³-hybridized carbons (Fsp3) is 0.154. The van der Waals surface area contributed by atoms with Gasteiger partial charge in [-0.1, -0.05) is 0 Å². The molecule has 0 saturated heterocycles. The van der Waals surface area contributed by atoms with Gasteiger partial charge in [-0.15, -0.1) is 11.3 Å². The number of pyridine rings is 1. The number of hydrogen-bond donors (Lipinski definition) is 0. The number of nitro benzene ring substituents is 2. The van der Waals surface area contributed by atoms with Crippen LogP contribution in [0.4, 0.5) is 11.4 Å². The molecule has 0 aliphatic carbocycles. The Morgan fingerprint density at radius 1 is 1.00 bits per heavy atom. The molecule has 0 amide bonds. The van der Waals surface area contributed by atoms with Gasteiger partial charge in [-0.3, -0.25) is 25.2 Å². The first-order valence-electron chi connectivity index (χ1n) is 6.02. The fourth-order valence-corrected chi connectivity index (χ4v) is 3.59. The molecule has 0 atom stereocenters. The summed E-state index contributed by atoms with van der Waals surface area (Å²) in [7, 11) is 0. The normalized spacial score (nSPS) is 11.1. The van der Waals surface area contributed by atoms with Gasteiger partial charge in [0.05, 0.1) is 26.3 Å². The zero-order chi connectivity index (χ0) is 15.3. The number of thiophene rings is 1. The van der Waals surface area contributed by atoms with Crippen LogP contribution in [-0.2, 0) is 0 Å². The molecule has 0 N–H and O–H groups in total. The van der Waals surface area contributed by atoms with Gasteiger partial charge in [0, 0.05) is 22.5 Å². The minimum absolute atomic E-state index is 0.238. The van der Waals surface area contributed by atoms with E-state index in [9.17, 15) is 20.2 Å². The monoisotopic (exact) mass is 303 g/mol. The maximum absolute atomic E-state index is 11.2. The number of aromatic nitrogens is 1. The van der Waals surface area contributed by atoms with Gasteiger partial charge in [-0.05, 0) is 19.9 Å². The van der Waals surface area contributed by atoms with Crippen LogP contribution in [-0.4, -0.2) is 14.8 Å². The highest BCUT2D eigenvalue weighted by atomic mass is 32.1. The lowest BCUT2D eigenvalue weighted by molar-refractivity contribution is -0.392. The van der Waals surface area contributed by atoms with E-state index in [1.54, 1.807) is 6.07 Å². The Kier molecular flexibility index (Phi) is 2.84. The van der Waals surface area contributed by atoms with Crippen molar-refractivity contribution in [1.82, 2.24) is 4.98 Å². The highest BCUT2D eigenvalue weighted by Gasteiger charge is 2.23. The van der Waals surface area contributed by atoms with E-state index in [4.69, 9.17) is 0 Å². The Labute approximate surface area is 122 Å². The third-order valence-electron chi connectivity index (χ3n) is 3.23. The van der Waals surface area contributed by atoms with E-state index in [0.29, 0.717) is 10.1 Å². The van der Waals surface area contributed by atoms with Gasteiger partial charge in [0.25, 0.3) is 11.4 Å². The van der Waals surface area contributed by atoms with Gasteiger partial charge in [0.1, 0.15) is 4.70 Å². The molecule has 106 valence electrons. The molecule has 0 aliphatic rings. The van der Waals surface area contributed by atoms with Crippen LogP contribution >= 0.6 is 11.3 Å². The highest BCUT2D eigenvalue weighted by molar-refractivity contribution is 7.26. The number of aryl methyl sites for hydroxylation is 2. The van der Waals surface area contributed by atoms with Crippen molar-refractivity contribution in [1.29, 1.82) is 0 Å². The smallest absolute Gasteiger partial charge is 0.258 e. The van der Waals surface area contributed by atoms with Crippen molar-refractivity contribution in [2.75, 3.05) is 0 Å². The Morgan fingerprint density at radius 3 is 2.29 bits per heavy atom. The Balaban J connectivity index is 2.55. The molecule has 0 bridgehead atoms. The maximum Gasteiger partial charge on any atom is 0.293 e. The lowest BCUT2D eigenvalue weighted by Gasteiger charge is -1.98. The number of fused-ring (bicyclic) bond motifs is 3. The molecule has 7 nitrogen and oxygen atoms in total. The number of nitrogens with zero attached hydrogens (tertiary/aromatic N) is 3. The average molecular weight is 303 g/mol. The van der Waals surface area contributed by atoms with E-state index >= 15 is 0 Å². The molecule has 0 unspecified atom stereocenters. The van der Waals surface area contributed by atoms with Gasteiger partial charge in [-0.2, -0.15) is 0 Å². The summed E-state index contributed by atoms with van der Waals surface area (Å²) in [6, 6.07) is 4.20. The summed E-state index contributed by atoms with van der Waals surface area (Å²) in [5.41, 5.74) is 1.02. The van der Waals surface area contributed by atoms with E-state index in [-0.39, 0.29) is 11.4 Å². The first-order chi connectivity index (χ1) is 9.88. The van der Waals surface area contributed by atoms with Crippen LogP contribution in [0.1, 0.15) is 11.4 Å².